The molecule has 4 nitrogen and oxygen atoms in total. The Hall–Kier alpha value is -0.610. The molecule has 1 unspecified atom stereocenters. The lowest BCUT2D eigenvalue weighted by atomic mass is 9.86. The number of rotatable bonds is 7. The van der Waals surface area contributed by atoms with Gasteiger partial charge in [0.15, 0.2) is 0 Å². The van der Waals surface area contributed by atoms with Gasteiger partial charge in [-0.2, -0.15) is 0 Å². The molecule has 0 radical (unpaired) electrons. The molecule has 0 aromatic carbocycles. The van der Waals surface area contributed by atoms with Crippen molar-refractivity contribution in [1.82, 2.24) is 10.2 Å². The van der Waals surface area contributed by atoms with Gasteiger partial charge in [0.2, 0.25) is 5.91 Å². The Balaban J connectivity index is 1.77. The predicted octanol–water partition coefficient (Wildman–Crippen LogP) is 1.74. The van der Waals surface area contributed by atoms with Crippen molar-refractivity contribution in [3.05, 3.63) is 0 Å². The lowest BCUT2D eigenvalue weighted by molar-refractivity contribution is -0.124. The normalized spacial score (nSPS) is 24.8. The van der Waals surface area contributed by atoms with Gasteiger partial charge in [0.25, 0.3) is 0 Å². The van der Waals surface area contributed by atoms with Crippen molar-refractivity contribution in [3.8, 4) is 0 Å². The van der Waals surface area contributed by atoms with E-state index >= 15 is 0 Å². The Kier molecular flexibility index (Phi) is 5.08. The highest BCUT2D eigenvalue weighted by molar-refractivity contribution is 5.84. The smallest absolute Gasteiger partial charge is 0.237 e. The third-order valence-electron chi connectivity index (χ3n) is 5.15. The molecule has 1 atom stereocenters. The Morgan fingerprint density at radius 3 is 2.35 bits per heavy atom. The van der Waals surface area contributed by atoms with Gasteiger partial charge in [-0.3, -0.25) is 4.79 Å². The van der Waals surface area contributed by atoms with Crippen molar-refractivity contribution in [2.45, 2.75) is 64.5 Å². The highest BCUT2D eigenvalue weighted by Gasteiger charge is 2.37. The van der Waals surface area contributed by atoms with E-state index in [0.29, 0.717) is 6.04 Å². The number of likely N-dealkylation sites (tertiary alicyclic amines) is 1. The van der Waals surface area contributed by atoms with Gasteiger partial charge in [-0.05, 0) is 64.0 Å². The summed E-state index contributed by atoms with van der Waals surface area (Å²) in [5, 5.41) is 3.43. The van der Waals surface area contributed by atoms with Crippen LogP contribution in [0.3, 0.4) is 0 Å². The summed E-state index contributed by atoms with van der Waals surface area (Å²) in [4.78, 5) is 14.2. The standard InChI is InChI=1S/C16H31N3O/c1-12(2)13-6-9-19(10-7-13)11-8-16(3,15(17)20)18-14-4-5-14/h12-14,18H,4-11H2,1-3H3,(H2,17,20). The number of carbonyl (C=O) groups is 1. The van der Waals surface area contributed by atoms with E-state index in [1.54, 1.807) is 0 Å². The van der Waals surface area contributed by atoms with E-state index in [2.05, 4.69) is 24.1 Å². The molecule has 0 spiro atoms. The zero-order valence-corrected chi connectivity index (χ0v) is 13.3. The topological polar surface area (TPSA) is 58.4 Å². The van der Waals surface area contributed by atoms with Crippen LogP contribution in [-0.4, -0.2) is 42.0 Å². The molecule has 1 saturated heterocycles. The summed E-state index contributed by atoms with van der Waals surface area (Å²) in [6.07, 6.45) is 5.78. The Bertz CT molecular complexity index is 333. The van der Waals surface area contributed by atoms with Crippen LogP contribution < -0.4 is 11.1 Å². The van der Waals surface area contributed by atoms with Crippen LogP contribution in [0.15, 0.2) is 0 Å². The fourth-order valence-electron chi connectivity index (χ4n) is 3.17. The van der Waals surface area contributed by atoms with Gasteiger partial charge in [0.1, 0.15) is 0 Å². The van der Waals surface area contributed by atoms with Crippen LogP contribution in [0.2, 0.25) is 0 Å². The van der Waals surface area contributed by atoms with E-state index in [1.807, 2.05) is 6.92 Å². The summed E-state index contributed by atoms with van der Waals surface area (Å²) in [5.41, 5.74) is 5.07. The number of primary amides is 1. The molecule has 1 saturated carbocycles. The maximum absolute atomic E-state index is 11.7. The summed E-state index contributed by atoms with van der Waals surface area (Å²) in [6.45, 7) is 9.93. The summed E-state index contributed by atoms with van der Waals surface area (Å²) in [6, 6.07) is 0.513. The van der Waals surface area contributed by atoms with E-state index in [0.717, 1.165) is 24.8 Å². The average Bonchev–Trinajstić information content (AvgIpc) is 3.20. The molecule has 1 aliphatic heterocycles. The maximum atomic E-state index is 11.7. The largest absolute Gasteiger partial charge is 0.368 e. The van der Waals surface area contributed by atoms with E-state index < -0.39 is 5.54 Å². The summed E-state index contributed by atoms with van der Waals surface area (Å²) >= 11 is 0. The number of nitrogens with zero attached hydrogens (tertiary/aromatic N) is 1. The molecule has 0 aromatic rings. The lowest BCUT2D eigenvalue weighted by Gasteiger charge is -2.36. The lowest BCUT2D eigenvalue weighted by Crippen LogP contribution is -2.55. The second-order valence-electron chi connectivity index (χ2n) is 7.29. The number of nitrogens with one attached hydrogen (secondary N) is 1. The zero-order chi connectivity index (χ0) is 14.8. The molecule has 1 heterocycles. The molecule has 20 heavy (non-hydrogen) atoms. The van der Waals surface area contributed by atoms with Crippen LogP contribution in [0.5, 0.6) is 0 Å². The minimum Gasteiger partial charge on any atom is -0.368 e. The van der Waals surface area contributed by atoms with Gasteiger partial charge >= 0.3 is 0 Å². The predicted molar refractivity (Wildman–Crippen MR) is 82.4 cm³/mol. The maximum Gasteiger partial charge on any atom is 0.237 e. The SMILES string of the molecule is CC(C)C1CCN(CCC(C)(NC2CC2)C(N)=O)CC1. The molecule has 2 rings (SSSR count). The first kappa shape index (κ1) is 15.8. The van der Waals surface area contributed by atoms with Crippen molar-refractivity contribution in [2.24, 2.45) is 17.6 Å². The second-order valence-corrected chi connectivity index (χ2v) is 7.29. The minimum atomic E-state index is -0.532. The van der Waals surface area contributed by atoms with Gasteiger partial charge in [0.05, 0.1) is 5.54 Å². The van der Waals surface area contributed by atoms with Crippen LogP contribution in [0.1, 0.15) is 52.9 Å². The molecular weight excluding hydrogens is 250 g/mol. The average molecular weight is 281 g/mol. The van der Waals surface area contributed by atoms with Gasteiger partial charge in [-0.15, -0.1) is 0 Å². The summed E-state index contributed by atoms with van der Waals surface area (Å²) in [7, 11) is 0. The second kappa shape index (κ2) is 6.44. The number of piperidine rings is 1. The number of nitrogens with two attached hydrogens (primary N) is 1. The molecule has 2 aliphatic rings. The molecule has 1 amide bonds. The monoisotopic (exact) mass is 281 g/mol. The van der Waals surface area contributed by atoms with Gasteiger partial charge in [-0.1, -0.05) is 13.8 Å². The van der Waals surface area contributed by atoms with E-state index in [-0.39, 0.29) is 5.91 Å². The van der Waals surface area contributed by atoms with Crippen LogP contribution in [-0.2, 0) is 4.79 Å². The Labute approximate surface area is 123 Å². The fourth-order valence-corrected chi connectivity index (χ4v) is 3.17. The molecule has 2 fully saturated rings. The van der Waals surface area contributed by atoms with Crippen LogP contribution in [0, 0.1) is 11.8 Å². The number of hydrogen-bond donors (Lipinski definition) is 2. The number of amides is 1. The molecule has 1 aliphatic carbocycles. The first-order valence-electron chi connectivity index (χ1n) is 8.20. The van der Waals surface area contributed by atoms with Crippen molar-refractivity contribution in [3.63, 3.8) is 0 Å². The summed E-state index contributed by atoms with van der Waals surface area (Å²) in [5.74, 6) is 1.46. The third-order valence-corrected chi connectivity index (χ3v) is 5.15. The zero-order valence-electron chi connectivity index (χ0n) is 13.3. The molecule has 0 bridgehead atoms. The molecule has 116 valence electrons. The van der Waals surface area contributed by atoms with E-state index in [1.165, 1.54) is 38.8 Å². The van der Waals surface area contributed by atoms with Crippen molar-refractivity contribution >= 4 is 5.91 Å². The van der Waals surface area contributed by atoms with Crippen LogP contribution >= 0.6 is 0 Å². The first-order chi connectivity index (χ1) is 9.40. The van der Waals surface area contributed by atoms with Crippen molar-refractivity contribution < 1.29 is 4.79 Å². The van der Waals surface area contributed by atoms with E-state index in [9.17, 15) is 4.79 Å². The Morgan fingerprint density at radius 2 is 1.90 bits per heavy atom. The first-order valence-corrected chi connectivity index (χ1v) is 8.20. The van der Waals surface area contributed by atoms with Gasteiger partial charge in [0, 0.05) is 12.6 Å². The molecule has 0 aromatic heterocycles. The highest BCUT2D eigenvalue weighted by Crippen LogP contribution is 2.26. The number of carbonyl (C=O) groups excluding carboxylic acids is 1. The number of hydrogen-bond acceptors (Lipinski definition) is 3. The minimum absolute atomic E-state index is 0.207. The molecule has 4 heteroatoms. The van der Waals surface area contributed by atoms with Crippen LogP contribution in [0.25, 0.3) is 0 Å². The highest BCUT2D eigenvalue weighted by atomic mass is 16.1. The van der Waals surface area contributed by atoms with Crippen molar-refractivity contribution in [2.75, 3.05) is 19.6 Å². The summed E-state index contributed by atoms with van der Waals surface area (Å²) < 4.78 is 0. The third kappa shape index (κ3) is 4.19. The molecule has 3 N–H and O–H groups in total. The van der Waals surface area contributed by atoms with Gasteiger partial charge in [-0.25, -0.2) is 0 Å². The molecular formula is C16H31N3O. The van der Waals surface area contributed by atoms with Gasteiger partial charge < -0.3 is 16.0 Å². The van der Waals surface area contributed by atoms with Crippen molar-refractivity contribution in [1.29, 1.82) is 0 Å². The quantitative estimate of drug-likeness (QED) is 0.747. The fraction of sp³-hybridized carbons (Fsp3) is 0.938. The Morgan fingerprint density at radius 1 is 1.30 bits per heavy atom. The van der Waals surface area contributed by atoms with E-state index in [4.69, 9.17) is 5.73 Å². The van der Waals surface area contributed by atoms with Crippen LogP contribution in [0.4, 0.5) is 0 Å².